The zero-order chi connectivity index (χ0) is 31.1. The molecule has 1 aliphatic heterocycles. The summed E-state index contributed by atoms with van der Waals surface area (Å²) in [5.41, 5.74) is -3.03. The molecule has 1 fully saturated rings. The summed E-state index contributed by atoms with van der Waals surface area (Å²) in [5.74, 6) is -5.34. The molecule has 43 heavy (non-hydrogen) atoms. The number of aliphatic hydroxyl groups is 1. The van der Waals surface area contributed by atoms with Crippen molar-refractivity contribution in [2.75, 3.05) is 11.4 Å². The molecule has 5 rings (SSSR count). The molecule has 0 unspecified atom stereocenters. The molecule has 1 aliphatic carbocycles. The first-order valence-electron chi connectivity index (χ1n) is 13.0. The van der Waals surface area contributed by atoms with Crippen molar-refractivity contribution in [2.45, 2.75) is 42.6 Å². The Morgan fingerprint density at radius 2 is 1.95 bits per heavy atom. The van der Waals surface area contributed by atoms with Crippen LogP contribution < -0.4 is 15.0 Å². The van der Waals surface area contributed by atoms with Crippen LogP contribution in [0.15, 0.2) is 61.1 Å². The number of amides is 2. The van der Waals surface area contributed by atoms with Crippen LogP contribution >= 0.6 is 11.6 Å². The Kier molecular flexibility index (Phi) is 8.27. The van der Waals surface area contributed by atoms with E-state index in [0.29, 0.717) is 0 Å². The molecule has 2 aromatic heterocycles. The lowest BCUT2D eigenvalue weighted by molar-refractivity contribution is -0.274. The second-order valence-corrected chi connectivity index (χ2v) is 10.8. The molecular weight excluding hydrogens is 606 g/mol. The van der Waals surface area contributed by atoms with Gasteiger partial charge in [0.2, 0.25) is 12.0 Å². The Balaban J connectivity index is 1.44. The van der Waals surface area contributed by atoms with E-state index in [9.17, 15) is 41.0 Å². The average Bonchev–Trinajstić information content (AvgIpc) is 3.16. The van der Waals surface area contributed by atoms with Crippen molar-refractivity contribution in [3.05, 3.63) is 83.7 Å². The van der Waals surface area contributed by atoms with Gasteiger partial charge in [0.15, 0.2) is 0 Å². The van der Waals surface area contributed by atoms with E-state index in [2.05, 4.69) is 20.0 Å². The molecule has 15 heteroatoms. The van der Waals surface area contributed by atoms with Crippen LogP contribution in [-0.2, 0) is 10.4 Å². The van der Waals surface area contributed by atoms with Crippen LogP contribution in [0.4, 0.5) is 32.0 Å². The smallest absolute Gasteiger partial charge is 0.406 e. The van der Waals surface area contributed by atoms with Crippen LogP contribution in [0, 0.1) is 17.7 Å². The number of carbonyl (C=O) groups excluding carboxylic acids is 2. The maximum absolute atomic E-state index is 14.3. The van der Waals surface area contributed by atoms with Crippen molar-refractivity contribution in [1.82, 2.24) is 15.3 Å². The van der Waals surface area contributed by atoms with Gasteiger partial charge in [-0.3, -0.25) is 19.6 Å². The highest BCUT2D eigenvalue weighted by Gasteiger charge is 2.54. The van der Waals surface area contributed by atoms with Gasteiger partial charge in [-0.2, -0.15) is 0 Å². The number of hydrogen-bond acceptors (Lipinski definition) is 6. The minimum absolute atomic E-state index is 0.108. The number of ether oxygens (including phenoxy) is 1. The Bertz CT molecular complexity index is 1500. The monoisotopic (exact) mass is 628 g/mol. The SMILES string of the molecule is O=C(N[C@@H]1C[C@@H](Cl)[C@@H](CN2C(=O)[C@](O)(c3ccc(F)cn3)c3ccc(OC(F)(F)F)cc32)C[C@H]1C(F)F)c1cccnc1. The maximum atomic E-state index is 14.3. The fourth-order valence-electron chi connectivity index (χ4n) is 5.56. The molecule has 5 atom stereocenters. The lowest BCUT2D eigenvalue weighted by atomic mass is 9.77. The molecule has 1 saturated carbocycles. The van der Waals surface area contributed by atoms with Crippen LogP contribution in [0.3, 0.4) is 0 Å². The van der Waals surface area contributed by atoms with Crippen molar-refractivity contribution < 1.29 is 45.8 Å². The van der Waals surface area contributed by atoms with Crippen molar-refractivity contribution in [2.24, 2.45) is 11.8 Å². The molecule has 3 aromatic rings. The summed E-state index contributed by atoms with van der Waals surface area (Å²) in [6.45, 7) is -0.370. The van der Waals surface area contributed by atoms with Crippen LogP contribution in [0.5, 0.6) is 5.75 Å². The fraction of sp³-hybridized carbons (Fsp3) is 0.357. The van der Waals surface area contributed by atoms with Gasteiger partial charge in [-0.25, -0.2) is 13.2 Å². The van der Waals surface area contributed by atoms with Crippen molar-refractivity contribution in [3.63, 3.8) is 0 Å². The minimum Gasteiger partial charge on any atom is -0.406 e. The average molecular weight is 629 g/mol. The van der Waals surface area contributed by atoms with Gasteiger partial charge in [0, 0.05) is 47.9 Å². The van der Waals surface area contributed by atoms with Gasteiger partial charge in [0.1, 0.15) is 11.6 Å². The Morgan fingerprint density at radius 3 is 2.58 bits per heavy atom. The normalized spacial score (nSPS) is 25.5. The Morgan fingerprint density at radius 1 is 1.19 bits per heavy atom. The molecule has 0 spiro atoms. The van der Waals surface area contributed by atoms with Gasteiger partial charge >= 0.3 is 6.36 Å². The van der Waals surface area contributed by atoms with Crippen LogP contribution in [-0.4, -0.2) is 57.6 Å². The summed E-state index contributed by atoms with van der Waals surface area (Å²) in [6, 6.07) is 6.77. The summed E-state index contributed by atoms with van der Waals surface area (Å²) in [4.78, 5) is 35.0. The molecule has 0 radical (unpaired) electrons. The molecule has 3 heterocycles. The lowest BCUT2D eigenvalue weighted by Crippen LogP contribution is -2.52. The molecule has 2 amide bonds. The number of nitrogens with zero attached hydrogens (tertiary/aromatic N) is 3. The summed E-state index contributed by atoms with van der Waals surface area (Å²) >= 11 is 6.62. The van der Waals surface area contributed by atoms with Gasteiger partial charge in [0.05, 0.1) is 23.1 Å². The first-order valence-corrected chi connectivity index (χ1v) is 13.4. The molecule has 0 bridgehead atoms. The minimum atomic E-state index is -5.07. The van der Waals surface area contributed by atoms with E-state index < -0.39 is 65.0 Å². The highest BCUT2D eigenvalue weighted by molar-refractivity contribution is 6.21. The number of anilines is 1. The predicted molar refractivity (Wildman–Crippen MR) is 140 cm³/mol. The Hall–Kier alpha value is -3.91. The molecular formula is C28H23ClF6N4O4. The lowest BCUT2D eigenvalue weighted by Gasteiger charge is -2.40. The highest BCUT2D eigenvalue weighted by atomic mass is 35.5. The standard InChI is InChI=1S/C28H23ClF6N4O4/c29-20-10-21(38-25(40)14-2-1-7-36-11-14)18(24(31)32)8-15(20)13-39-22-9-17(43-28(33,34)35)4-5-19(22)27(42,26(39)41)23-6-3-16(30)12-37-23/h1-7,9,11-12,15,18,20-21,24,42H,8,10,13H2,(H,38,40)/t15-,18-,20-,21-,27-/m1/s1. The van der Waals surface area contributed by atoms with Gasteiger partial charge in [0.25, 0.3) is 11.8 Å². The number of nitrogens with one attached hydrogen (secondary N) is 1. The van der Waals surface area contributed by atoms with E-state index >= 15 is 0 Å². The van der Waals surface area contributed by atoms with E-state index in [1.807, 2.05) is 0 Å². The first kappa shape index (κ1) is 30.5. The number of aromatic nitrogens is 2. The molecule has 228 valence electrons. The topological polar surface area (TPSA) is 105 Å². The van der Waals surface area contributed by atoms with E-state index in [4.69, 9.17) is 11.6 Å². The molecule has 8 nitrogen and oxygen atoms in total. The second kappa shape index (κ2) is 11.6. The number of carbonyl (C=O) groups is 2. The number of rotatable bonds is 7. The van der Waals surface area contributed by atoms with E-state index in [-0.39, 0.29) is 41.9 Å². The molecule has 0 saturated heterocycles. The predicted octanol–water partition coefficient (Wildman–Crippen LogP) is 4.79. The molecule has 1 aromatic carbocycles. The van der Waals surface area contributed by atoms with Gasteiger partial charge in [-0.15, -0.1) is 24.8 Å². The molecule has 2 aliphatic rings. The van der Waals surface area contributed by atoms with E-state index in [0.717, 1.165) is 41.4 Å². The largest absolute Gasteiger partial charge is 0.573 e. The third-order valence-electron chi connectivity index (χ3n) is 7.60. The number of alkyl halides is 6. The van der Waals surface area contributed by atoms with Crippen molar-refractivity contribution in [1.29, 1.82) is 0 Å². The number of pyridine rings is 2. The zero-order valence-corrected chi connectivity index (χ0v) is 22.7. The fourth-order valence-corrected chi connectivity index (χ4v) is 5.94. The number of fused-ring (bicyclic) bond motifs is 1. The van der Waals surface area contributed by atoms with Crippen molar-refractivity contribution >= 4 is 29.1 Å². The Labute approximate surface area is 245 Å². The highest BCUT2D eigenvalue weighted by Crippen LogP contribution is 2.47. The first-order chi connectivity index (χ1) is 20.3. The number of hydrogen-bond donors (Lipinski definition) is 2. The van der Waals surface area contributed by atoms with Crippen LogP contribution in [0.25, 0.3) is 0 Å². The van der Waals surface area contributed by atoms with Gasteiger partial charge in [-0.1, -0.05) is 0 Å². The van der Waals surface area contributed by atoms with Crippen molar-refractivity contribution in [3.8, 4) is 5.75 Å². The zero-order valence-electron chi connectivity index (χ0n) is 21.9. The van der Waals surface area contributed by atoms with Crippen LogP contribution in [0.1, 0.15) is 34.5 Å². The summed E-state index contributed by atoms with van der Waals surface area (Å²) in [5, 5.41) is 13.3. The number of benzene rings is 1. The van der Waals surface area contributed by atoms with Crippen LogP contribution in [0.2, 0.25) is 0 Å². The van der Waals surface area contributed by atoms with E-state index in [1.54, 1.807) is 0 Å². The van der Waals surface area contributed by atoms with E-state index in [1.165, 1.54) is 24.5 Å². The summed E-state index contributed by atoms with van der Waals surface area (Å²) < 4.78 is 85.0. The third kappa shape index (κ3) is 6.11. The quantitative estimate of drug-likeness (QED) is 0.288. The summed E-state index contributed by atoms with van der Waals surface area (Å²) in [7, 11) is 0. The van der Waals surface area contributed by atoms with Gasteiger partial charge < -0.3 is 20.1 Å². The van der Waals surface area contributed by atoms with Gasteiger partial charge in [-0.05, 0) is 55.2 Å². The maximum Gasteiger partial charge on any atom is 0.573 e. The molecule has 2 N–H and O–H groups in total. The summed E-state index contributed by atoms with van der Waals surface area (Å²) in [6.07, 6.45) is -4.85. The number of halogens is 7. The second-order valence-electron chi connectivity index (χ2n) is 10.3. The third-order valence-corrected chi connectivity index (χ3v) is 8.13.